The van der Waals surface area contributed by atoms with Crippen molar-refractivity contribution in [2.24, 2.45) is 0 Å². The van der Waals surface area contributed by atoms with Gasteiger partial charge in [-0.3, -0.25) is 10.1 Å². The topological polar surface area (TPSA) is 61.6 Å². The van der Waals surface area contributed by atoms with Crippen LogP contribution in [0.1, 0.15) is 0 Å². The van der Waals surface area contributed by atoms with Gasteiger partial charge in [-0.05, 0) is 36.4 Å². The maximum absolute atomic E-state index is 12.7. The summed E-state index contributed by atoms with van der Waals surface area (Å²) in [5, 5.41) is 11.1. The molecule has 0 radical (unpaired) electrons. The van der Waals surface area contributed by atoms with E-state index in [2.05, 4.69) is 0 Å². The average Bonchev–Trinajstić information content (AvgIpc) is 2.46. The van der Waals surface area contributed by atoms with Crippen LogP contribution in [-0.4, -0.2) is 18.1 Å². The first-order valence-electron chi connectivity index (χ1n) is 6.01. The largest absolute Gasteiger partial charge is 0.490 e. The van der Waals surface area contributed by atoms with Crippen molar-refractivity contribution in [2.75, 3.05) is 13.2 Å². The molecule has 0 aliphatic heterocycles. The highest BCUT2D eigenvalue weighted by Crippen LogP contribution is 2.29. The summed E-state index contributed by atoms with van der Waals surface area (Å²) in [7, 11) is 0. The summed E-state index contributed by atoms with van der Waals surface area (Å²) in [4.78, 5) is 10.3. The van der Waals surface area contributed by atoms with Gasteiger partial charge in [0.15, 0.2) is 5.75 Å². The van der Waals surface area contributed by atoms with Gasteiger partial charge in [0.2, 0.25) is 0 Å². The van der Waals surface area contributed by atoms with E-state index in [0.29, 0.717) is 5.75 Å². The minimum absolute atomic E-state index is 0.111. The molecule has 0 aliphatic rings. The van der Waals surface area contributed by atoms with Crippen LogP contribution in [0.5, 0.6) is 11.5 Å². The second kappa shape index (κ2) is 6.90. The van der Waals surface area contributed by atoms with E-state index in [4.69, 9.17) is 21.1 Å². The highest BCUT2D eigenvalue weighted by atomic mass is 35.5. The molecule has 0 aromatic heterocycles. The van der Waals surface area contributed by atoms with E-state index in [1.165, 1.54) is 42.5 Å². The van der Waals surface area contributed by atoms with Crippen molar-refractivity contribution in [3.8, 4) is 11.5 Å². The maximum atomic E-state index is 12.7. The van der Waals surface area contributed by atoms with Gasteiger partial charge in [-0.1, -0.05) is 11.6 Å². The first kappa shape index (κ1) is 15.1. The van der Waals surface area contributed by atoms with Gasteiger partial charge in [0.25, 0.3) is 0 Å². The molecule has 2 rings (SSSR count). The van der Waals surface area contributed by atoms with Crippen molar-refractivity contribution in [1.29, 1.82) is 0 Å². The number of halogens is 2. The molecule has 0 saturated heterocycles. The summed E-state index contributed by atoms with van der Waals surface area (Å²) in [5.74, 6) is 0.258. The summed E-state index contributed by atoms with van der Waals surface area (Å²) in [6.45, 7) is 0.283. The Bertz CT molecular complexity index is 633. The quantitative estimate of drug-likeness (QED) is 0.462. The minimum Gasteiger partial charge on any atom is -0.490 e. The van der Waals surface area contributed by atoms with Crippen molar-refractivity contribution in [3.05, 3.63) is 63.4 Å². The summed E-state index contributed by atoms with van der Waals surface area (Å²) < 4.78 is 23.3. The monoisotopic (exact) mass is 311 g/mol. The van der Waals surface area contributed by atoms with E-state index in [1.54, 1.807) is 0 Å². The molecule has 7 heteroatoms. The third-order valence-electron chi connectivity index (χ3n) is 2.54. The molecule has 0 spiro atoms. The standard InChI is InChI=1S/C14H11ClFNO4/c15-10-1-6-14(13(9-10)17(18)19)21-8-7-20-12-4-2-11(16)3-5-12/h1-6,9H,7-8H2. The molecular formula is C14H11ClFNO4. The van der Waals surface area contributed by atoms with Gasteiger partial charge in [-0.15, -0.1) is 0 Å². The fraction of sp³-hybridized carbons (Fsp3) is 0.143. The SMILES string of the molecule is O=[N+]([O-])c1cc(Cl)ccc1OCCOc1ccc(F)cc1. The van der Waals surface area contributed by atoms with Crippen molar-refractivity contribution in [2.45, 2.75) is 0 Å². The molecule has 0 unspecified atom stereocenters. The molecule has 0 saturated carbocycles. The van der Waals surface area contributed by atoms with Crippen molar-refractivity contribution >= 4 is 17.3 Å². The fourth-order valence-electron chi connectivity index (χ4n) is 1.60. The summed E-state index contributed by atoms with van der Waals surface area (Å²) in [5.41, 5.74) is -0.204. The number of ether oxygens (including phenoxy) is 2. The maximum Gasteiger partial charge on any atom is 0.312 e. The number of hydrogen-bond acceptors (Lipinski definition) is 4. The lowest BCUT2D eigenvalue weighted by atomic mass is 10.3. The van der Waals surface area contributed by atoms with Gasteiger partial charge in [0.05, 0.1) is 4.92 Å². The molecule has 21 heavy (non-hydrogen) atoms. The van der Waals surface area contributed by atoms with E-state index >= 15 is 0 Å². The number of nitro groups is 1. The Kier molecular flexibility index (Phi) is 4.94. The van der Waals surface area contributed by atoms with Gasteiger partial charge < -0.3 is 9.47 Å². The van der Waals surface area contributed by atoms with Crippen LogP contribution < -0.4 is 9.47 Å². The molecule has 0 heterocycles. The number of hydrogen-bond donors (Lipinski definition) is 0. The Morgan fingerprint density at radius 2 is 1.76 bits per heavy atom. The molecule has 2 aromatic rings. The summed E-state index contributed by atoms with van der Waals surface area (Å²) >= 11 is 5.70. The van der Waals surface area contributed by atoms with Gasteiger partial charge in [-0.25, -0.2) is 4.39 Å². The smallest absolute Gasteiger partial charge is 0.312 e. The Morgan fingerprint density at radius 1 is 1.10 bits per heavy atom. The highest BCUT2D eigenvalue weighted by Gasteiger charge is 2.15. The van der Waals surface area contributed by atoms with Crippen LogP contribution in [0, 0.1) is 15.9 Å². The molecule has 0 aliphatic carbocycles. The average molecular weight is 312 g/mol. The van der Waals surface area contributed by atoms with Crippen molar-refractivity contribution < 1.29 is 18.8 Å². The van der Waals surface area contributed by atoms with Crippen LogP contribution in [-0.2, 0) is 0 Å². The van der Waals surface area contributed by atoms with E-state index in [0.717, 1.165) is 0 Å². The van der Waals surface area contributed by atoms with Crippen LogP contribution in [0.2, 0.25) is 5.02 Å². The lowest BCUT2D eigenvalue weighted by molar-refractivity contribution is -0.385. The molecule has 0 atom stereocenters. The van der Waals surface area contributed by atoms with E-state index in [1.807, 2.05) is 0 Å². The van der Waals surface area contributed by atoms with Crippen LogP contribution >= 0.6 is 11.6 Å². The predicted octanol–water partition coefficient (Wildman–Crippen LogP) is 3.85. The molecule has 0 amide bonds. The Labute approximate surface area is 125 Å². The first-order chi connectivity index (χ1) is 10.1. The van der Waals surface area contributed by atoms with Gasteiger partial charge in [-0.2, -0.15) is 0 Å². The zero-order chi connectivity index (χ0) is 15.2. The third kappa shape index (κ3) is 4.32. The number of nitrogens with zero attached hydrogens (tertiary/aromatic N) is 1. The zero-order valence-electron chi connectivity index (χ0n) is 10.8. The fourth-order valence-corrected chi connectivity index (χ4v) is 1.76. The first-order valence-corrected chi connectivity index (χ1v) is 6.39. The lowest BCUT2D eigenvalue weighted by Gasteiger charge is -2.08. The Morgan fingerprint density at radius 3 is 2.43 bits per heavy atom. The molecular weight excluding hydrogens is 301 g/mol. The number of rotatable bonds is 6. The lowest BCUT2D eigenvalue weighted by Crippen LogP contribution is -2.09. The van der Waals surface area contributed by atoms with Gasteiger partial charge >= 0.3 is 5.69 Å². The second-order valence-corrected chi connectivity index (χ2v) is 4.46. The molecule has 0 N–H and O–H groups in total. The van der Waals surface area contributed by atoms with Crippen molar-refractivity contribution in [3.63, 3.8) is 0 Å². The molecule has 5 nitrogen and oxygen atoms in total. The van der Waals surface area contributed by atoms with E-state index in [-0.39, 0.29) is 35.5 Å². The molecule has 110 valence electrons. The zero-order valence-corrected chi connectivity index (χ0v) is 11.5. The molecule has 0 bridgehead atoms. The number of nitro benzene ring substituents is 1. The predicted molar refractivity (Wildman–Crippen MR) is 75.5 cm³/mol. The van der Waals surface area contributed by atoms with Crippen LogP contribution in [0.25, 0.3) is 0 Å². The van der Waals surface area contributed by atoms with Crippen LogP contribution in [0.15, 0.2) is 42.5 Å². The van der Waals surface area contributed by atoms with Gasteiger partial charge in [0.1, 0.15) is 24.8 Å². The summed E-state index contributed by atoms with van der Waals surface area (Å²) in [6.07, 6.45) is 0. The van der Waals surface area contributed by atoms with Crippen LogP contribution in [0.4, 0.5) is 10.1 Å². The van der Waals surface area contributed by atoms with E-state index < -0.39 is 4.92 Å². The molecule has 2 aromatic carbocycles. The third-order valence-corrected chi connectivity index (χ3v) is 2.78. The van der Waals surface area contributed by atoms with Crippen LogP contribution in [0.3, 0.4) is 0 Å². The van der Waals surface area contributed by atoms with Gasteiger partial charge in [0, 0.05) is 11.1 Å². The highest BCUT2D eigenvalue weighted by molar-refractivity contribution is 6.30. The normalized spacial score (nSPS) is 10.2. The Hall–Kier alpha value is -2.34. The van der Waals surface area contributed by atoms with Crippen molar-refractivity contribution in [1.82, 2.24) is 0 Å². The molecule has 0 fully saturated rings. The van der Waals surface area contributed by atoms with E-state index in [9.17, 15) is 14.5 Å². The summed E-state index contributed by atoms with van der Waals surface area (Å²) in [6, 6.07) is 9.68. The minimum atomic E-state index is -0.567. The Balaban J connectivity index is 1.89. The second-order valence-electron chi connectivity index (χ2n) is 4.02. The number of benzene rings is 2.